The third kappa shape index (κ3) is 11.7. The van der Waals surface area contributed by atoms with Crippen LogP contribution in [0.2, 0.25) is 0 Å². The summed E-state index contributed by atoms with van der Waals surface area (Å²) in [5.74, 6) is -0.328. The van der Waals surface area contributed by atoms with Crippen LogP contribution < -0.4 is 0 Å². The molecular formula is C20H32O3. The first-order valence-electron chi connectivity index (χ1n) is 9.18. The molecule has 1 aromatic rings. The molecule has 3 heteroatoms. The molecule has 0 amide bonds. The Kier molecular flexibility index (Phi) is 11.0. The third-order valence-corrected chi connectivity index (χ3v) is 4.29. The van der Waals surface area contributed by atoms with E-state index in [2.05, 4.69) is 0 Å². The molecule has 0 saturated heterocycles. The van der Waals surface area contributed by atoms with Crippen molar-refractivity contribution in [1.82, 2.24) is 0 Å². The van der Waals surface area contributed by atoms with Gasteiger partial charge in [0.2, 0.25) is 0 Å². The van der Waals surface area contributed by atoms with Gasteiger partial charge < -0.3 is 10.2 Å². The van der Waals surface area contributed by atoms with Crippen LogP contribution in [0, 0.1) is 0 Å². The van der Waals surface area contributed by atoms with Crippen LogP contribution in [-0.4, -0.2) is 16.2 Å². The lowest BCUT2D eigenvalue weighted by molar-refractivity contribution is -0.137. The second-order valence-corrected chi connectivity index (χ2v) is 6.45. The van der Waals surface area contributed by atoms with Crippen molar-refractivity contribution in [2.24, 2.45) is 0 Å². The Morgan fingerprint density at radius 2 is 1.13 bits per heavy atom. The lowest BCUT2D eigenvalue weighted by Crippen LogP contribution is -1.93. The van der Waals surface area contributed by atoms with Crippen molar-refractivity contribution in [3.63, 3.8) is 0 Å². The molecule has 0 heterocycles. The molecule has 0 saturated carbocycles. The van der Waals surface area contributed by atoms with Crippen LogP contribution in [0.4, 0.5) is 0 Å². The van der Waals surface area contributed by atoms with E-state index in [9.17, 15) is 9.90 Å². The highest BCUT2D eigenvalue weighted by molar-refractivity contribution is 5.66. The molecule has 0 bridgehead atoms. The summed E-state index contributed by atoms with van der Waals surface area (Å²) in [5.41, 5.74) is 1.31. The number of benzene rings is 1. The van der Waals surface area contributed by atoms with Crippen LogP contribution in [0.3, 0.4) is 0 Å². The van der Waals surface area contributed by atoms with E-state index in [0.717, 1.165) is 19.3 Å². The maximum absolute atomic E-state index is 10.4. The summed E-state index contributed by atoms with van der Waals surface area (Å²) in [6.45, 7) is 0. The van der Waals surface area contributed by atoms with Crippen LogP contribution in [0.5, 0.6) is 5.75 Å². The van der Waals surface area contributed by atoms with Gasteiger partial charge in [-0.1, -0.05) is 69.9 Å². The highest BCUT2D eigenvalue weighted by Crippen LogP contribution is 2.15. The molecule has 23 heavy (non-hydrogen) atoms. The monoisotopic (exact) mass is 320 g/mol. The van der Waals surface area contributed by atoms with Gasteiger partial charge in [0.05, 0.1) is 0 Å². The number of carboxylic acids is 1. The third-order valence-electron chi connectivity index (χ3n) is 4.29. The minimum absolute atomic E-state index is 0.324. The van der Waals surface area contributed by atoms with E-state index in [1.54, 1.807) is 12.1 Å². The van der Waals surface area contributed by atoms with Crippen molar-refractivity contribution in [2.75, 3.05) is 0 Å². The number of aryl methyl sites for hydroxylation is 1. The molecule has 0 fully saturated rings. The van der Waals surface area contributed by atoms with E-state index >= 15 is 0 Å². The van der Waals surface area contributed by atoms with Gasteiger partial charge in [0.1, 0.15) is 5.75 Å². The van der Waals surface area contributed by atoms with Crippen molar-refractivity contribution in [1.29, 1.82) is 0 Å². The van der Waals surface area contributed by atoms with Gasteiger partial charge in [0.25, 0.3) is 0 Å². The number of aromatic hydroxyl groups is 1. The van der Waals surface area contributed by atoms with Crippen molar-refractivity contribution in [3.05, 3.63) is 29.8 Å². The summed E-state index contributed by atoms with van der Waals surface area (Å²) in [5, 5.41) is 17.8. The second-order valence-electron chi connectivity index (χ2n) is 6.45. The fourth-order valence-electron chi connectivity index (χ4n) is 2.86. The molecule has 1 rings (SSSR count). The molecule has 0 aliphatic carbocycles. The number of rotatable bonds is 14. The molecular weight excluding hydrogens is 288 g/mol. The van der Waals surface area contributed by atoms with E-state index in [-0.39, 0.29) is 0 Å². The fourth-order valence-corrected chi connectivity index (χ4v) is 2.86. The second kappa shape index (κ2) is 13.0. The lowest BCUT2D eigenvalue weighted by Gasteiger charge is -2.03. The zero-order valence-electron chi connectivity index (χ0n) is 14.3. The maximum atomic E-state index is 10.4. The Hall–Kier alpha value is -1.51. The largest absolute Gasteiger partial charge is 0.508 e. The van der Waals surface area contributed by atoms with Crippen molar-refractivity contribution in [2.45, 2.75) is 83.5 Å². The standard InChI is InChI=1S/C20H32O3/c21-19-16-14-18(15-17-19)12-10-8-6-4-2-1-3-5-7-9-11-13-20(22)23/h14-17,21H,1-13H2,(H,22,23). The molecule has 130 valence electrons. The summed E-state index contributed by atoms with van der Waals surface area (Å²) in [6, 6.07) is 7.53. The van der Waals surface area contributed by atoms with Crippen molar-refractivity contribution in [3.8, 4) is 5.75 Å². The first-order valence-corrected chi connectivity index (χ1v) is 9.18. The maximum Gasteiger partial charge on any atom is 0.303 e. The van der Waals surface area contributed by atoms with Gasteiger partial charge in [-0.15, -0.1) is 0 Å². The predicted octanol–water partition coefficient (Wildman–Crippen LogP) is 5.70. The number of hydrogen-bond acceptors (Lipinski definition) is 2. The number of aliphatic carboxylic acids is 1. The summed E-state index contributed by atoms with van der Waals surface area (Å²) < 4.78 is 0. The van der Waals surface area contributed by atoms with Crippen LogP contribution in [0.25, 0.3) is 0 Å². The van der Waals surface area contributed by atoms with Crippen LogP contribution in [0.1, 0.15) is 82.6 Å². The fraction of sp³-hybridized carbons (Fsp3) is 0.650. The smallest absolute Gasteiger partial charge is 0.303 e. The van der Waals surface area contributed by atoms with Gasteiger partial charge in [0.15, 0.2) is 0 Å². The van der Waals surface area contributed by atoms with E-state index in [1.165, 1.54) is 63.4 Å². The molecule has 0 spiro atoms. The average Bonchev–Trinajstić information content (AvgIpc) is 2.53. The van der Waals surface area contributed by atoms with Crippen LogP contribution in [-0.2, 0) is 11.2 Å². The molecule has 2 N–H and O–H groups in total. The van der Waals surface area contributed by atoms with Gasteiger partial charge in [-0.3, -0.25) is 4.79 Å². The first kappa shape index (κ1) is 19.5. The quantitative estimate of drug-likeness (QED) is 0.432. The summed E-state index contributed by atoms with van der Waals surface area (Å²) in [4.78, 5) is 10.4. The molecule has 0 aliphatic rings. The molecule has 3 nitrogen and oxygen atoms in total. The van der Waals surface area contributed by atoms with Gasteiger partial charge in [-0.2, -0.15) is 0 Å². The Morgan fingerprint density at radius 1 is 0.696 bits per heavy atom. The highest BCUT2D eigenvalue weighted by atomic mass is 16.4. The Labute approximate surface area is 140 Å². The zero-order chi connectivity index (χ0) is 16.8. The molecule has 1 aromatic carbocycles. The van der Waals surface area contributed by atoms with Gasteiger partial charge in [-0.25, -0.2) is 0 Å². The molecule has 0 aliphatic heterocycles. The topological polar surface area (TPSA) is 57.5 Å². The number of phenolic OH excluding ortho intramolecular Hbond substituents is 1. The van der Waals surface area contributed by atoms with E-state index in [0.29, 0.717) is 12.2 Å². The van der Waals surface area contributed by atoms with Crippen LogP contribution in [0.15, 0.2) is 24.3 Å². The summed E-state index contributed by atoms with van der Waals surface area (Å²) in [6.07, 6.45) is 14.8. The highest BCUT2D eigenvalue weighted by Gasteiger charge is 1.97. The Balaban J connectivity index is 1.79. The number of carbonyl (C=O) groups is 1. The molecule has 0 aromatic heterocycles. The molecule has 0 unspecified atom stereocenters. The summed E-state index contributed by atoms with van der Waals surface area (Å²) >= 11 is 0. The van der Waals surface area contributed by atoms with E-state index < -0.39 is 5.97 Å². The Bertz CT molecular complexity index is 411. The molecule has 0 atom stereocenters. The summed E-state index contributed by atoms with van der Waals surface area (Å²) in [7, 11) is 0. The predicted molar refractivity (Wildman–Crippen MR) is 94.9 cm³/mol. The SMILES string of the molecule is O=C(O)CCCCCCCCCCCCCc1ccc(O)cc1. The van der Waals surface area contributed by atoms with Gasteiger partial charge in [-0.05, 0) is 37.0 Å². The van der Waals surface area contributed by atoms with Crippen molar-refractivity contribution >= 4 is 5.97 Å². The van der Waals surface area contributed by atoms with Crippen molar-refractivity contribution < 1.29 is 15.0 Å². The van der Waals surface area contributed by atoms with Gasteiger partial charge in [0, 0.05) is 6.42 Å². The lowest BCUT2D eigenvalue weighted by atomic mass is 10.0. The first-order chi connectivity index (χ1) is 11.2. The van der Waals surface area contributed by atoms with Crippen LogP contribution >= 0.6 is 0 Å². The minimum Gasteiger partial charge on any atom is -0.508 e. The Morgan fingerprint density at radius 3 is 1.61 bits per heavy atom. The number of hydrogen-bond donors (Lipinski definition) is 2. The average molecular weight is 320 g/mol. The van der Waals surface area contributed by atoms with E-state index in [4.69, 9.17) is 5.11 Å². The molecule has 0 radical (unpaired) electrons. The number of carboxylic acid groups (broad SMARTS) is 1. The van der Waals surface area contributed by atoms with E-state index in [1.807, 2.05) is 12.1 Å². The number of phenols is 1. The normalized spacial score (nSPS) is 10.8. The number of unbranched alkanes of at least 4 members (excludes halogenated alkanes) is 10. The minimum atomic E-state index is -0.671. The van der Waals surface area contributed by atoms with Gasteiger partial charge >= 0.3 is 5.97 Å². The zero-order valence-corrected chi connectivity index (χ0v) is 14.3.